The number of likely N-dealkylation sites (N-methyl/N-ethyl adjacent to an activating group) is 1. The number of anilines is 2. The van der Waals surface area contributed by atoms with Crippen LogP contribution in [0.4, 0.5) is 11.4 Å². The van der Waals surface area contributed by atoms with Crippen molar-refractivity contribution in [3.05, 3.63) is 30.6 Å². The van der Waals surface area contributed by atoms with Gasteiger partial charge in [0.05, 0.1) is 0 Å². The Bertz CT molecular complexity index is 610. The van der Waals surface area contributed by atoms with Crippen molar-refractivity contribution in [2.75, 3.05) is 37.3 Å². The van der Waals surface area contributed by atoms with Gasteiger partial charge < -0.3 is 10.6 Å². The second-order valence-corrected chi connectivity index (χ2v) is 5.58. The van der Waals surface area contributed by atoms with Crippen molar-refractivity contribution in [3.8, 4) is 0 Å². The Hall–Kier alpha value is -1.81. The van der Waals surface area contributed by atoms with Gasteiger partial charge in [-0.25, -0.2) is 0 Å². The van der Waals surface area contributed by atoms with Gasteiger partial charge in [-0.3, -0.25) is 9.88 Å². The number of piperazine rings is 1. The summed E-state index contributed by atoms with van der Waals surface area (Å²) in [5.41, 5.74) is 8.16. The van der Waals surface area contributed by atoms with Gasteiger partial charge in [-0.1, -0.05) is 6.92 Å². The normalized spacial score (nSPS) is 20.5. The summed E-state index contributed by atoms with van der Waals surface area (Å²) >= 11 is 0. The molecular formula is C16H22N4. The number of benzene rings is 1. The molecule has 4 nitrogen and oxygen atoms in total. The van der Waals surface area contributed by atoms with Crippen LogP contribution >= 0.6 is 0 Å². The molecule has 0 bridgehead atoms. The van der Waals surface area contributed by atoms with E-state index in [1.165, 1.54) is 12.1 Å². The molecule has 2 heterocycles. The number of aromatic nitrogens is 1. The summed E-state index contributed by atoms with van der Waals surface area (Å²) in [4.78, 5) is 9.19. The first-order valence-corrected chi connectivity index (χ1v) is 7.28. The van der Waals surface area contributed by atoms with Crippen molar-refractivity contribution in [2.45, 2.75) is 19.4 Å². The molecule has 3 rings (SSSR count). The molecule has 1 atom stereocenters. The molecule has 2 aromatic rings. The number of nitrogens with zero attached hydrogens (tertiary/aromatic N) is 3. The van der Waals surface area contributed by atoms with Crippen LogP contribution in [0.1, 0.15) is 13.3 Å². The average molecular weight is 270 g/mol. The van der Waals surface area contributed by atoms with E-state index < -0.39 is 0 Å². The highest BCUT2D eigenvalue weighted by molar-refractivity contribution is 6.00. The van der Waals surface area contributed by atoms with E-state index in [1.807, 2.05) is 18.3 Å². The summed E-state index contributed by atoms with van der Waals surface area (Å²) in [7, 11) is 2.22. The molecule has 106 valence electrons. The van der Waals surface area contributed by atoms with Crippen LogP contribution in [-0.2, 0) is 0 Å². The van der Waals surface area contributed by atoms with Gasteiger partial charge in [-0.15, -0.1) is 0 Å². The van der Waals surface area contributed by atoms with Crippen LogP contribution in [0.15, 0.2) is 30.6 Å². The third-order valence-electron chi connectivity index (χ3n) is 4.42. The van der Waals surface area contributed by atoms with Crippen molar-refractivity contribution in [2.24, 2.45) is 0 Å². The molecule has 1 unspecified atom stereocenters. The first-order valence-electron chi connectivity index (χ1n) is 7.28. The van der Waals surface area contributed by atoms with Crippen LogP contribution in [0.2, 0.25) is 0 Å². The van der Waals surface area contributed by atoms with Crippen molar-refractivity contribution in [1.29, 1.82) is 0 Å². The molecule has 4 heteroatoms. The minimum Gasteiger partial charge on any atom is -0.398 e. The quantitative estimate of drug-likeness (QED) is 0.851. The Morgan fingerprint density at radius 1 is 1.25 bits per heavy atom. The predicted molar refractivity (Wildman–Crippen MR) is 85.1 cm³/mol. The molecule has 1 aliphatic heterocycles. The first-order chi connectivity index (χ1) is 9.70. The molecule has 1 aromatic carbocycles. The molecule has 0 radical (unpaired) electrons. The van der Waals surface area contributed by atoms with Crippen LogP contribution in [0.5, 0.6) is 0 Å². The van der Waals surface area contributed by atoms with Gasteiger partial charge in [0.1, 0.15) is 0 Å². The number of hydrogen-bond acceptors (Lipinski definition) is 4. The van der Waals surface area contributed by atoms with Gasteiger partial charge in [-0.05, 0) is 31.7 Å². The average Bonchev–Trinajstić information content (AvgIpc) is 2.49. The van der Waals surface area contributed by atoms with Gasteiger partial charge in [-0.2, -0.15) is 0 Å². The molecule has 0 spiro atoms. The van der Waals surface area contributed by atoms with E-state index in [-0.39, 0.29) is 0 Å². The largest absolute Gasteiger partial charge is 0.398 e. The summed E-state index contributed by atoms with van der Waals surface area (Å²) in [6, 6.07) is 6.77. The van der Waals surface area contributed by atoms with Crippen LogP contribution in [0.25, 0.3) is 10.8 Å². The zero-order chi connectivity index (χ0) is 14.1. The van der Waals surface area contributed by atoms with Crippen molar-refractivity contribution in [3.63, 3.8) is 0 Å². The minimum absolute atomic E-state index is 0.619. The molecule has 20 heavy (non-hydrogen) atoms. The molecule has 0 saturated carbocycles. The predicted octanol–water partition coefficient (Wildman–Crippen LogP) is 2.35. The summed E-state index contributed by atoms with van der Waals surface area (Å²) in [6.45, 7) is 5.49. The van der Waals surface area contributed by atoms with E-state index >= 15 is 0 Å². The van der Waals surface area contributed by atoms with Gasteiger partial charge >= 0.3 is 0 Å². The second kappa shape index (κ2) is 5.29. The van der Waals surface area contributed by atoms with Crippen LogP contribution in [0, 0.1) is 0 Å². The maximum absolute atomic E-state index is 6.08. The summed E-state index contributed by atoms with van der Waals surface area (Å²) in [6.07, 6.45) is 4.92. The highest BCUT2D eigenvalue weighted by Gasteiger charge is 2.24. The molecule has 2 N–H and O–H groups in total. The number of fused-ring (bicyclic) bond motifs is 1. The number of nitrogen functional groups attached to an aromatic ring is 1. The molecule has 0 aliphatic carbocycles. The maximum atomic E-state index is 6.08. The summed E-state index contributed by atoms with van der Waals surface area (Å²) in [5.74, 6) is 0. The van der Waals surface area contributed by atoms with E-state index in [1.54, 1.807) is 6.20 Å². The first kappa shape index (κ1) is 13.2. The summed E-state index contributed by atoms with van der Waals surface area (Å²) < 4.78 is 0. The van der Waals surface area contributed by atoms with E-state index in [2.05, 4.69) is 34.8 Å². The lowest BCUT2D eigenvalue weighted by Gasteiger charge is -2.40. The highest BCUT2D eigenvalue weighted by Crippen LogP contribution is 2.31. The molecule has 0 amide bonds. The third kappa shape index (κ3) is 2.20. The highest BCUT2D eigenvalue weighted by atomic mass is 15.3. The van der Waals surface area contributed by atoms with E-state index in [0.29, 0.717) is 6.04 Å². The molecule has 1 aliphatic rings. The lowest BCUT2D eigenvalue weighted by atomic mass is 10.1. The standard InChI is InChI=1S/C16H22N4/c1-3-12-11-20(9-8-19(12)2)16-5-4-15(17)13-6-7-18-10-14(13)16/h4-7,10,12H,3,8-9,11,17H2,1-2H3. The van der Waals surface area contributed by atoms with Gasteiger partial charge in [0.25, 0.3) is 0 Å². The van der Waals surface area contributed by atoms with Crippen LogP contribution in [-0.4, -0.2) is 42.6 Å². The maximum Gasteiger partial charge on any atom is 0.0464 e. The van der Waals surface area contributed by atoms with Gasteiger partial charge in [0, 0.05) is 60.2 Å². The minimum atomic E-state index is 0.619. The SMILES string of the molecule is CCC1CN(c2ccc(N)c3ccncc23)CCN1C. The van der Waals surface area contributed by atoms with E-state index in [0.717, 1.165) is 36.1 Å². The van der Waals surface area contributed by atoms with E-state index in [9.17, 15) is 0 Å². The number of nitrogens with two attached hydrogens (primary N) is 1. The Labute approximate surface area is 120 Å². The zero-order valence-electron chi connectivity index (χ0n) is 12.2. The Morgan fingerprint density at radius 2 is 2.10 bits per heavy atom. The topological polar surface area (TPSA) is 45.4 Å². The van der Waals surface area contributed by atoms with Gasteiger partial charge in [0.2, 0.25) is 0 Å². The fraction of sp³-hybridized carbons (Fsp3) is 0.438. The lowest BCUT2D eigenvalue weighted by molar-refractivity contribution is 0.213. The fourth-order valence-electron chi connectivity index (χ4n) is 3.08. The second-order valence-electron chi connectivity index (χ2n) is 5.58. The van der Waals surface area contributed by atoms with Crippen LogP contribution < -0.4 is 10.6 Å². The number of pyridine rings is 1. The van der Waals surface area contributed by atoms with Crippen molar-refractivity contribution in [1.82, 2.24) is 9.88 Å². The molecule has 1 fully saturated rings. The van der Waals surface area contributed by atoms with Gasteiger partial charge in [0.15, 0.2) is 0 Å². The number of rotatable bonds is 2. The lowest BCUT2D eigenvalue weighted by Crippen LogP contribution is -2.51. The smallest absolute Gasteiger partial charge is 0.0464 e. The molecular weight excluding hydrogens is 248 g/mol. The van der Waals surface area contributed by atoms with Crippen molar-refractivity contribution >= 4 is 22.1 Å². The Balaban J connectivity index is 2.00. The third-order valence-corrected chi connectivity index (χ3v) is 4.42. The number of hydrogen-bond donors (Lipinski definition) is 1. The van der Waals surface area contributed by atoms with Crippen LogP contribution in [0.3, 0.4) is 0 Å². The molecule has 1 saturated heterocycles. The van der Waals surface area contributed by atoms with E-state index in [4.69, 9.17) is 5.73 Å². The fourth-order valence-corrected chi connectivity index (χ4v) is 3.08. The Kier molecular flexibility index (Phi) is 3.49. The monoisotopic (exact) mass is 270 g/mol. The molecule has 1 aromatic heterocycles. The van der Waals surface area contributed by atoms with Crippen molar-refractivity contribution < 1.29 is 0 Å². The Morgan fingerprint density at radius 3 is 2.90 bits per heavy atom. The summed E-state index contributed by atoms with van der Waals surface area (Å²) in [5, 5.41) is 2.26. The zero-order valence-corrected chi connectivity index (χ0v) is 12.2.